The third-order valence-corrected chi connectivity index (χ3v) is 3.43. The zero-order chi connectivity index (χ0) is 12.3. The van der Waals surface area contributed by atoms with Crippen LogP contribution in [0.1, 0.15) is 9.80 Å². The SMILES string of the molecule is CNc1nnc(C(=O)Nc2ccncc2Br)s1. The van der Waals surface area contributed by atoms with Crippen LogP contribution >= 0.6 is 27.3 Å². The van der Waals surface area contributed by atoms with Gasteiger partial charge in [0.2, 0.25) is 10.1 Å². The van der Waals surface area contributed by atoms with Crippen LogP contribution in [-0.2, 0) is 0 Å². The maximum atomic E-state index is 11.8. The van der Waals surface area contributed by atoms with Gasteiger partial charge in [-0.15, -0.1) is 10.2 Å². The first kappa shape index (κ1) is 11.9. The number of carbonyl (C=O) groups excluding carboxylic acids is 1. The summed E-state index contributed by atoms with van der Waals surface area (Å²) in [7, 11) is 1.72. The Morgan fingerprint density at radius 2 is 2.29 bits per heavy atom. The van der Waals surface area contributed by atoms with Gasteiger partial charge in [0.15, 0.2) is 0 Å². The molecular formula is C9H8BrN5OS. The molecule has 8 heteroatoms. The largest absolute Gasteiger partial charge is 0.363 e. The van der Waals surface area contributed by atoms with Crippen LogP contribution in [0.2, 0.25) is 0 Å². The Kier molecular flexibility index (Phi) is 3.64. The van der Waals surface area contributed by atoms with Gasteiger partial charge in [0.25, 0.3) is 5.91 Å². The van der Waals surface area contributed by atoms with Crippen LogP contribution in [0.5, 0.6) is 0 Å². The van der Waals surface area contributed by atoms with Crippen LogP contribution in [-0.4, -0.2) is 28.1 Å². The molecule has 2 heterocycles. The number of carbonyl (C=O) groups is 1. The van der Waals surface area contributed by atoms with E-state index in [0.29, 0.717) is 20.3 Å². The summed E-state index contributed by atoms with van der Waals surface area (Å²) in [5.74, 6) is -0.295. The van der Waals surface area contributed by atoms with E-state index in [4.69, 9.17) is 0 Å². The zero-order valence-corrected chi connectivity index (χ0v) is 11.2. The van der Waals surface area contributed by atoms with Crippen molar-refractivity contribution >= 4 is 44.0 Å². The molecule has 0 fully saturated rings. The summed E-state index contributed by atoms with van der Waals surface area (Å²) in [5, 5.41) is 14.0. The van der Waals surface area contributed by atoms with E-state index in [1.54, 1.807) is 25.5 Å². The predicted molar refractivity (Wildman–Crippen MR) is 69.3 cm³/mol. The Morgan fingerprint density at radius 1 is 1.47 bits per heavy atom. The third kappa shape index (κ3) is 2.77. The van der Waals surface area contributed by atoms with Gasteiger partial charge in [0, 0.05) is 19.4 Å². The molecule has 0 bridgehead atoms. The maximum absolute atomic E-state index is 11.8. The molecule has 0 unspecified atom stereocenters. The van der Waals surface area contributed by atoms with Gasteiger partial charge in [-0.2, -0.15) is 0 Å². The quantitative estimate of drug-likeness (QED) is 0.906. The first-order valence-electron chi connectivity index (χ1n) is 4.63. The van der Waals surface area contributed by atoms with Crippen LogP contribution < -0.4 is 10.6 Å². The minimum atomic E-state index is -0.295. The molecule has 2 rings (SSSR count). The highest BCUT2D eigenvalue weighted by molar-refractivity contribution is 9.10. The second kappa shape index (κ2) is 5.19. The molecule has 2 aromatic heterocycles. The molecule has 2 N–H and O–H groups in total. The van der Waals surface area contributed by atoms with Crippen molar-refractivity contribution in [2.75, 3.05) is 17.7 Å². The van der Waals surface area contributed by atoms with E-state index in [2.05, 4.69) is 41.7 Å². The minimum absolute atomic E-state index is 0.295. The number of hydrogen-bond donors (Lipinski definition) is 2. The lowest BCUT2D eigenvalue weighted by molar-refractivity contribution is 0.102. The molecule has 0 aliphatic rings. The first-order chi connectivity index (χ1) is 8.20. The lowest BCUT2D eigenvalue weighted by Crippen LogP contribution is -2.12. The van der Waals surface area contributed by atoms with Gasteiger partial charge >= 0.3 is 0 Å². The van der Waals surface area contributed by atoms with Crippen molar-refractivity contribution in [1.82, 2.24) is 15.2 Å². The highest BCUT2D eigenvalue weighted by Crippen LogP contribution is 2.22. The second-order valence-corrected chi connectivity index (χ2v) is 4.80. The maximum Gasteiger partial charge on any atom is 0.286 e. The monoisotopic (exact) mass is 313 g/mol. The molecule has 1 amide bonds. The lowest BCUT2D eigenvalue weighted by Gasteiger charge is -2.03. The third-order valence-electron chi connectivity index (χ3n) is 1.85. The molecule has 0 aromatic carbocycles. The van der Waals surface area contributed by atoms with E-state index in [9.17, 15) is 4.79 Å². The highest BCUT2D eigenvalue weighted by Gasteiger charge is 2.13. The summed E-state index contributed by atoms with van der Waals surface area (Å²) in [4.78, 5) is 15.7. The van der Waals surface area contributed by atoms with Crippen LogP contribution in [0.15, 0.2) is 22.9 Å². The number of anilines is 2. The zero-order valence-electron chi connectivity index (χ0n) is 8.77. The van der Waals surface area contributed by atoms with Crippen molar-refractivity contribution < 1.29 is 4.79 Å². The molecule has 0 aliphatic carbocycles. The predicted octanol–water partition coefficient (Wildman–Crippen LogP) is 1.99. The van der Waals surface area contributed by atoms with Gasteiger partial charge in [0.05, 0.1) is 10.2 Å². The molecule has 0 saturated carbocycles. The Labute approximate surface area is 110 Å². The van der Waals surface area contributed by atoms with Gasteiger partial charge in [-0.25, -0.2) is 0 Å². The van der Waals surface area contributed by atoms with E-state index in [1.165, 1.54) is 11.3 Å². The summed E-state index contributed by atoms with van der Waals surface area (Å²) >= 11 is 4.48. The van der Waals surface area contributed by atoms with Gasteiger partial charge in [-0.3, -0.25) is 9.78 Å². The molecule has 17 heavy (non-hydrogen) atoms. The van der Waals surface area contributed by atoms with Gasteiger partial charge in [-0.05, 0) is 22.0 Å². The lowest BCUT2D eigenvalue weighted by atomic mass is 10.4. The molecular weight excluding hydrogens is 306 g/mol. The Balaban J connectivity index is 2.14. The highest BCUT2D eigenvalue weighted by atomic mass is 79.9. The summed E-state index contributed by atoms with van der Waals surface area (Å²) in [5.41, 5.74) is 0.645. The number of amides is 1. The molecule has 88 valence electrons. The second-order valence-electron chi connectivity index (χ2n) is 2.97. The van der Waals surface area contributed by atoms with Crippen molar-refractivity contribution in [3.8, 4) is 0 Å². The number of nitrogens with zero attached hydrogens (tertiary/aromatic N) is 3. The van der Waals surface area contributed by atoms with Crippen molar-refractivity contribution in [3.05, 3.63) is 27.9 Å². The smallest absolute Gasteiger partial charge is 0.286 e. The molecule has 6 nitrogen and oxygen atoms in total. The molecule has 2 aromatic rings. The average molecular weight is 314 g/mol. The number of hydrogen-bond acceptors (Lipinski definition) is 6. The van der Waals surface area contributed by atoms with Crippen LogP contribution in [0, 0.1) is 0 Å². The molecule has 0 radical (unpaired) electrons. The summed E-state index contributed by atoms with van der Waals surface area (Å²) in [6.07, 6.45) is 3.20. The van der Waals surface area contributed by atoms with E-state index in [0.717, 1.165) is 0 Å². The topological polar surface area (TPSA) is 79.8 Å². The van der Waals surface area contributed by atoms with E-state index >= 15 is 0 Å². The first-order valence-corrected chi connectivity index (χ1v) is 6.24. The standard InChI is InChI=1S/C9H8BrN5OS/c1-11-9-15-14-8(17-9)7(16)13-6-2-3-12-4-5(6)10/h2-4H,1H3,(H,11,15)(H,12,13,16). The van der Waals surface area contributed by atoms with Gasteiger partial charge in [0.1, 0.15) is 0 Å². The number of nitrogens with one attached hydrogen (secondary N) is 2. The van der Waals surface area contributed by atoms with Crippen molar-refractivity contribution in [3.63, 3.8) is 0 Å². The number of pyridine rings is 1. The summed E-state index contributed by atoms with van der Waals surface area (Å²) in [6, 6.07) is 1.70. The average Bonchev–Trinajstić information content (AvgIpc) is 2.81. The fourth-order valence-corrected chi connectivity index (χ4v) is 2.01. The number of rotatable bonds is 3. The van der Waals surface area contributed by atoms with E-state index in [-0.39, 0.29) is 5.91 Å². The Hall–Kier alpha value is -1.54. The van der Waals surface area contributed by atoms with Crippen LogP contribution in [0.25, 0.3) is 0 Å². The van der Waals surface area contributed by atoms with Crippen molar-refractivity contribution in [2.24, 2.45) is 0 Å². The molecule has 0 atom stereocenters. The number of aromatic nitrogens is 3. The normalized spacial score (nSPS) is 10.0. The molecule has 0 saturated heterocycles. The van der Waals surface area contributed by atoms with Gasteiger partial charge in [-0.1, -0.05) is 11.3 Å². The fourth-order valence-electron chi connectivity index (χ4n) is 1.07. The molecule has 0 spiro atoms. The van der Waals surface area contributed by atoms with Crippen LogP contribution in [0.4, 0.5) is 10.8 Å². The van der Waals surface area contributed by atoms with Crippen LogP contribution in [0.3, 0.4) is 0 Å². The van der Waals surface area contributed by atoms with Crippen molar-refractivity contribution in [2.45, 2.75) is 0 Å². The molecule has 0 aliphatic heterocycles. The van der Waals surface area contributed by atoms with E-state index in [1.807, 2.05) is 0 Å². The van der Waals surface area contributed by atoms with E-state index < -0.39 is 0 Å². The van der Waals surface area contributed by atoms with Crippen molar-refractivity contribution in [1.29, 1.82) is 0 Å². The Morgan fingerprint density at radius 3 is 2.94 bits per heavy atom. The Bertz CT molecular complexity index is 544. The fraction of sp³-hybridized carbons (Fsp3) is 0.111. The summed E-state index contributed by atoms with van der Waals surface area (Å²) in [6.45, 7) is 0. The number of halogens is 1. The van der Waals surface area contributed by atoms with Gasteiger partial charge < -0.3 is 10.6 Å². The minimum Gasteiger partial charge on any atom is -0.363 e. The summed E-state index contributed by atoms with van der Waals surface area (Å²) < 4.78 is 0.715.